The van der Waals surface area contributed by atoms with Gasteiger partial charge in [-0.05, 0) is 6.92 Å². The van der Waals surface area contributed by atoms with E-state index in [4.69, 9.17) is 29.5 Å². The molecule has 5 N–H and O–H groups in total. The van der Waals surface area contributed by atoms with Crippen molar-refractivity contribution >= 4 is 19.8 Å². The van der Waals surface area contributed by atoms with Gasteiger partial charge in [-0.3, -0.25) is 0 Å². The molecule has 8 nitrogen and oxygen atoms in total. The Labute approximate surface area is 91.4 Å². The minimum absolute atomic E-state index is 0.176. The van der Waals surface area contributed by atoms with Gasteiger partial charge in [-0.15, -0.1) is 0 Å². The Balaban J connectivity index is -0.000000160. The molecule has 0 spiro atoms. The third-order valence-electron chi connectivity index (χ3n) is 0.540. The largest absolute Gasteiger partial charge is 0.478 e. The van der Waals surface area contributed by atoms with E-state index in [-0.39, 0.29) is 5.57 Å². The predicted molar refractivity (Wildman–Crippen MR) is 54.5 cm³/mol. The number of aliphatic carboxylic acids is 2. The molecule has 0 unspecified atom stereocenters. The van der Waals surface area contributed by atoms with Crippen molar-refractivity contribution in [2.45, 2.75) is 6.92 Å². The van der Waals surface area contributed by atoms with E-state index in [1.54, 1.807) is 0 Å². The zero-order valence-corrected chi connectivity index (χ0v) is 9.29. The smallest absolute Gasteiger partial charge is 0.466 e. The molecule has 0 aliphatic rings. The molecule has 0 aliphatic heterocycles. The van der Waals surface area contributed by atoms with Gasteiger partial charge in [-0.1, -0.05) is 13.2 Å². The number of rotatable bonds is 2. The second kappa shape index (κ2) is 10.1. The predicted octanol–water partition coefficient (Wildman–Crippen LogP) is -0.0245. The highest BCUT2D eigenvalue weighted by Crippen LogP contribution is 2.25. The van der Waals surface area contributed by atoms with Gasteiger partial charge in [0.05, 0.1) is 0 Å². The first kappa shape index (κ1) is 20.0. The molecule has 0 heterocycles. The van der Waals surface area contributed by atoms with Crippen LogP contribution in [0.15, 0.2) is 24.8 Å². The van der Waals surface area contributed by atoms with Crippen molar-refractivity contribution in [2.24, 2.45) is 0 Å². The monoisotopic (exact) mass is 256 g/mol. The molecule has 16 heavy (non-hydrogen) atoms. The highest BCUT2D eigenvalue weighted by Gasteiger charge is 2.00. The molecule has 0 amide bonds. The summed E-state index contributed by atoms with van der Waals surface area (Å²) in [7, 11) is -4.64. The SMILES string of the molecule is C=C(C)C(=O)O.C=CC(=O)O.O=P(O)(O)O. The van der Waals surface area contributed by atoms with Crippen LogP contribution in [0.1, 0.15) is 6.92 Å². The van der Waals surface area contributed by atoms with E-state index in [2.05, 4.69) is 13.2 Å². The van der Waals surface area contributed by atoms with Gasteiger partial charge >= 0.3 is 19.8 Å². The van der Waals surface area contributed by atoms with Gasteiger partial charge in [0.2, 0.25) is 0 Å². The third-order valence-corrected chi connectivity index (χ3v) is 0.540. The molecule has 0 saturated carbocycles. The van der Waals surface area contributed by atoms with Crippen LogP contribution in [-0.2, 0) is 14.2 Å². The van der Waals surface area contributed by atoms with E-state index in [9.17, 15) is 9.59 Å². The highest BCUT2D eigenvalue weighted by molar-refractivity contribution is 7.45. The maximum atomic E-state index is 9.60. The lowest BCUT2D eigenvalue weighted by Gasteiger charge is -1.82. The summed E-state index contributed by atoms with van der Waals surface area (Å²) in [6.07, 6.45) is 0.833. The number of carbonyl (C=O) groups is 2. The molecule has 0 atom stereocenters. The van der Waals surface area contributed by atoms with Gasteiger partial charge < -0.3 is 24.9 Å². The topological polar surface area (TPSA) is 152 Å². The van der Waals surface area contributed by atoms with Crippen LogP contribution in [0.25, 0.3) is 0 Å². The van der Waals surface area contributed by atoms with Crippen LogP contribution >= 0.6 is 7.82 Å². The first-order valence-corrected chi connectivity index (χ1v) is 5.00. The van der Waals surface area contributed by atoms with Gasteiger partial charge in [0.25, 0.3) is 0 Å². The Kier molecular flexibility index (Phi) is 12.6. The zero-order valence-electron chi connectivity index (χ0n) is 8.40. The van der Waals surface area contributed by atoms with Crippen LogP contribution in [0.3, 0.4) is 0 Å². The molecule has 0 aromatic heterocycles. The van der Waals surface area contributed by atoms with Crippen LogP contribution in [0, 0.1) is 0 Å². The molecule has 94 valence electrons. The fourth-order valence-corrected chi connectivity index (χ4v) is 0. The summed E-state index contributed by atoms with van der Waals surface area (Å²) in [6, 6.07) is 0. The van der Waals surface area contributed by atoms with Gasteiger partial charge in [0.15, 0.2) is 0 Å². The summed E-state index contributed by atoms with van der Waals surface area (Å²) in [5.41, 5.74) is 0.176. The molecule has 0 rings (SSSR count). The van der Waals surface area contributed by atoms with Crippen molar-refractivity contribution in [1.82, 2.24) is 0 Å². The first-order chi connectivity index (χ1) is 6.91. The van der Waals surface area contributed by atoms with Crippen LogP contribution in [0.4, 0.5) is 0 Å². The fourth-order valence-electron chi connectivity index (χ4n) is 0. The van der Waals surface area contributed by atoms with Crippen LogP contribution in [0.2, 0.25) is 0 Å². The van der Waals surface area contributed by atoms with E-state index in [1.165, 1.54) is 6.92 Å². The number of carboxylic acids is 2. The van der Waals surface area contributed by atoms with E-state index >= 15 is 0 Å². The third kappa shape index (κ3) is 81.2. The van der Waals surface area contributed by atoms with Gasteiger partial charge in [0, 0.05) is 11.6 Å². The Bertz CT molecular complexity index is 281. The molecule has 0 saturated heterocycles. The maximum absolute atomic E-state index is 9.60. The second-order valence-electron chi connectivity index (χ2n) is 2.14. The van der Waals surface area contributed by atoms with E-state index < -0.39 is 19.8 Å². The lowest BCUT2D eigenvalue weighted by molar-refractivity contribution is -0.133. The summed E-state index contributed by atoms with van der Waals surface area (Å²) >= 11 is 0. The lowest BCUT2D eigenvalue weighted by Crippen LogP contribution is -1.92. The standard InChI is InChI=1S/C4H6O2.C3H4O2.H3O4P/c1-3(2)4(5)6;1-2-3(4)5;1-5(2,3)4/h1H2,2H3,(H,5,6);2H,1H2,(H,4,5);(H3,1,2,3,4). The van der Waals surface area contributed by atoms with Crippen molar-refractivity contribution in [3.05, 3.63) is 24.8 Å². The quantitative estimate of drug-likeness (QED) is 0.341. The minimum Gasteiger partial charge on any atom is -0.478 e. The molecule has 0 bridgehead atoms. The summed E-state index contributed by atoms with van der Waals surface area (Å²) in [5.74, 6) is -1.92. The molecule has 9 heteroatoms. The van der Waals surface area contributed by atoms with Crippen molar-refractivity contribution in [3.63, 3.8) is 0 Å². The van der Waals surface area contributed by atoms with Gasteiger partial charge in [-0.2, -0.15) is 0 Å². The first-order valence-electron chi connectivity index (χ1n) is 3.44. The molecule has 0 radical (unpaired) electrons. The van der Waals surface area contributed by atoms with Crippen molar-refractivity contribution < 1.29 is 39.0 Å². The van der Waals surface area contributed by atoms with Crippen LogP contribution in [-0.4, -0.2) is 36.8 Å². The second-order valence-corrected chi connectivity index (χ2v) is 3.17. The Morgan fingerprint density at radius 3 is 1.31 bits per heavy atom. The highest BCUT2D eigenvalue weighted by atomic mass is 31.2. The Morgan fingerprint density at radius 2 is 1.31 bits per heavy atom. The summed E-state index contributed by atoms with van der Waals surface area (Å²) in [5, 5.41) is 15.5. The molecule has 0 fully saturated rings. The van der Waals surface area contributed by atoms with Gasteiger partial charge in [0.1, 0.15) is 0 Å². The minimum atomic E-state index is -4.64. The van der Waals surface area contributed by atoms with Crippen LogP contribution < -0.4 is 0 Å². The van der Waals surface area contributed by atoms with Crippen molar-refractivity contribution in [2.75, 3.05) is 0 Å². The number of hydrogen-bond donors (Lipinski definition) is 5. The molecular weight excluding hydrogens is 243 g/mol. The van der Waals surface area contributed by atoms with Crippen molar-refractivity contribution in [3.8, 4) is 0 Å². The number of carboxylic acid groups (broad SMARTS) is 2. The maximum Gasteiger partial charge on any atom is 0.466 e. The number of phosphoric acid groups is 1. The van der Waals surface area contributed by atoms with E-state index in [0.717, 1.165) is 6.08 Å². The average Bonchev–Trinajstić information content (AvgIpc) is 2.02. The van der Waals surface area contributed by atoms with Crippen LogP contribution in [0.5, 0.6) is 0 Å². The normalized spacial score (nSPS) is 8.50. The van der Waals surface area contributed by atoms with Gasteiger partial charge in [-0.25, -0.2) is 14.2 Å². The summed E-state index contributed by atoms with van der Waals surface area (Å²) in [4.78, 5) is 40.4. The summed E-state index contributed by atoms with van der Waals surface area (Å²) in [6.45, 7) is 7.56. The summed E-state index contributed by atoms with van der Waals surface area (Å²) < 4.78 is 8.88. The molecular formula is C7H13O8P. The van der Waals surface area contributed by atoms with E-state index in [1.807, 2.05) is 0 Å². The van der Waals surface area contributed by atoms with Crippen molar-refractivity contribution in [1.29, 1.82) is 0 Å². The zero-order chi connectivity index (χ0) is 13.9. The Hall–Kier alpha value is -1.47. The van der Waals surface area contributed by atoms with E-state index in [0.29, 0.717) is 0 Å². The molecule has 0 aliphatic carbocycles. The average molecular weight is 256 g/mol. The molecule has 0 aromatic carbocycles. The number of hydrogen-bond acceptors (Lipinski definition) is 3. The molecule has 0 aromatic rings. The Morgan fingerprint density at radius 1 is 1.19 bits per heavy atom. The fraction of sp³-hybridized carbons (Fsp3) is 0.143. The lowest BCUT2D eigenvalue weighted by atomic mass is 10.4.